The number of anilines is 1. The van der Waals surface area contributed by atoms with E-state index in [-0.39, 0.29) is 30.4 Å². The van der Waals surface area contributed by atoms with Gasteiger partial charge >= 0.3 is 6.03 Å². The fourth-order valence-corrected chi connectivity index (χ4v) is 2.61. The van der Waals surface area contributed by atoms with E-state index >= 15 is 0 Å². The van der Waals surface area contributed by atoms with Gasteiger partial charge in [-0.25, -0.2) is 4.79 Å². The zero-order valence-corrected chi connectivity index (χ0v) is 15.4. The van der Waals surface area contributed by atoms with Crippen molar-refractivity contribution in [3.63, 3.8) is 0 Å². The first-order valence-corrected chi connectivity index (χ1v) is 8.12. The topological polar surface area (TPSA) is 73.5 Å². The summed E-state index contributed by atoms with van der Waals surface area (Å²) in [5, 5.41) is 8.66. The van der Waals surface area contributed by atoms with E-state index in [9.17, 15) is 9.59 Å². The molecule has 0 aromatic heterocycles. The van der Waals surface area contributed by atoms with E-state index in [2.05, 4.69) is 31.9 Å². The van der Waals surface area contributed by atoms with E-state index in [1.54, 1.807) is 17.0 Å². The van der Waals surface area contributed by atoms with Crippen LogP contribution in [-0.2, 0) is 4.79 Å². The van der Waals surface area contributed by atoms with E-state index in [1.807, 2.05) is 19.2 Å². The number of halogens is 2. The van der Waals surface area contributed by atoms with Gasteiger partial charge in [0.15, 0.2) is 0 Å². The van der Waals surface area contributed by atoms with E-state index in [0.29, 0.717) is 18.7 Å². The highest BCUT2D eigenvalue weighted by molar-refractivity contribution is 9.10. The summed E-state index contributed by atoms with van der Waals surface area (Å²) in [7, 11) is 1.82. The fraction of sp³-hybridized carbons (Fsp3) is 0.467. The molecule has 1 saturated heterocycles. The Kier molecular flexibility index (Phi) is 8.36. The smallest absolute Gasteiger partial charge is 0.319 e. The van der Waals surface area contributed by atoms with E-state index < -0.39 is 0 Å². The molecule has 0 aliphatic carbocycles. The number of benzene rings is 1. The first kappa shape index (κ1) is 19.7. The van der Waals surface area contributed by atoms with Crippen molar-refractivity contribution in [3.05, 3.63) is 28.7 Å². The van der Waals surface area contributed by atoms with Gasteiger partial charge in [0.1, 0.15) is 0 Å². The molecular formula is C15H22BrClN4O2. The summed E-state index contributed by atoms with van der Waals surface area (Å²) in [6.45, 7) is 2.13. The quantitative estimate of drug-likeness (QED) is 0.703. The molecule has 0 radical (unpaired) electrons. The first-order valence-electron chi connectivity index (χ1n) is 7.33. The van der Waals surface area contributed by atoms with Crippen LogP contribution in [0.4, 0.5) is 10.5 Å². The molecule has 2 rings (SSSR count). The maximum absolute atomic E-state index is 12.0. The van der Waals surface area contributed by atoms with Gasteiger partial charge in [0.25, 0.3) is 0 Å². The van der Waals surface area contributed by atoms with Crippen molar-refractivity contribution >= 4 is 46.0 Å². The second-order valence-electron chi connectivity index (χ2n) is 5.29. The lowest BCUT2D eigenvalue weighted by atomic mass is 10.2. The molecule has 8 heteroatoms. The number of carbonyl (C=O) groups excluding carboxylic acids is 2. The van der Waals surface area contributed by atoms with Crippen LogP contribution < -0.4 is 16.0 Å². The number of hydrogen-bond acceptors (Lipinski definition) is 3. The van der Waals surface area contributed by atoms with Crippen LogP contribution in [0.1, 0.15) is 12.8 Å². The van der Waals surface area contributed by atoms with Crippen LogP contribution in [0.25, 0.3) is 0 Å². The predicted molar refractivity (Wildman–Crippen MR) is 97.1 cm³/mol. The Morgan fingerprint density at radius 2 is 2.04 bits per heavy atom. The average Bonchev–Trinajstić information content (AvgIpc) is 3.03. The summed E-state index contributed by atoms with van der Waals surface area (Å²) >= 11 is 3.34. The minimum absolute atomic E-state index is 0. The highest BCUT2D eigenvalue weighted by Crippen LogP contribution is 2.13. The van der Waals surface area contributed by atoms with Gasteiger partial charge < -0.3 is 20.9 Å². The van der Waals surface area contributed by atoms with Crippen molar-refractivity contribution in [3.8, 4) is 0 Å². The number of hydrogen-bond donors (Lipinski definition) is 3. The van der Waals surface area contributed by atoms with Gasteiger partial charge in [-0.15, -0.1) is 12.4 Å². The van der Waals surface area contributed by atoms with Crippen LogP contribution in [-0.4, -0.2) is 49.6 Å². The summed E-state index contributed by atoms with van der Waals surface area (Å²) in [6, 6.07) is 7.27. The Morgan fingerprint density at radius 3 is 2.65 bits per heavy atom. The van der Waals surface area contributed by atoms with Crippen molar-refractivity contribution < 1.29 is 9.59 Å². The summed E-state index contributed by atoms with van der Waals surface area (Å²) < 4.78 is 0.952. The molecule has 23 heavy (non-hydrogen) atoms. The molecular weight excluding hydrogens is 384 g/mol. The van der Waals surface area contributed by atoms with Crippen LogP contribution >= 0.6 is 28.3 Å². The molecule has 1 fully saturated rings. The van der Waals surface area contributed by atoms with Gasteiger partial charge in [-0.1, -0.05) is 15.9 Å². The SMILES string of the molecule is CN(C(=O)CCNC(=O)Nc1ccc(Br)cc1)C1CCNC1.Cl. The zero-order chi connectivity index (χ0) is 15.9. The van der Waals surface area contributed by atoms with Gasteiger partial charge in [-0.3, -0.25) is 4.79 Å². The normalized spacial score (nSPS) is 16.3. The molecule has 128 valence electrons. The lowest BCUT2D eigenvalue weighted by Crippen LogP contribution is -2.40. The molecule has 3 N–H and O–H groups in total. The molecule has 0 saturated carbocycles. The van der Waals surface area contributed by atoms with Gasteiger partial charge in [0.2, 0.25) is 5.91 Å². The third-order valence-corrected chi connectivity index (χ3v) is 4.23. The summed E-state index contributed by atoms with van der Waals surface area (Å²) in [4.78, 5) is 25.5. The lowest BCUT2D eigenvalue weighted by Gasteiger charge is -2.23. The average molecular weight is 406 g/mol. The summed E-state index contributed by atoms with van der Waals surface area (Å²) in [5.41, 5.74) is 0.709. The Bertz CT molecular complexity index is 521. The monoisotopic (exact) mass is 404 g/mol. The van der Waals surface area contributed by atoms with Crippen LogP contribution in [0, 0.1) is 0 Å². The number of urea groups is 1. The maximum atomic E-state index is 12.0. The molecule has 1 atom stereocenters. The third kappa shape index (κ3) is 6.37. The molecule has 1 aromatic carbocycles. The fourth-order valence-electron chi connectivity index (χ4n) is 2.34. The third-order valence-electron chi connectivity index (χ3n) is 3.70. The minimum atomic E-state index is -0.305. The zero-order valence-electron chi connectivity index (χ0n) is 13.0. The summed E-state index contributed by atoms with van der Waals surface area (Å²) in [5.74, 6) is 0.0534. The van der Waals surface area contributed by atoms with Gasteiger partial charge in [0.05, 0.1) is 0 Å². The number of likely N-dealkylation sites (N-methyl/N-ethyl adjacent to an activating group) is 1. The molecule has 0 bridgehead atoms. The van der Waals surface area contributed by atoms with Crippen molar-refractivity contribution in [2.75, 3.05) is 32.0 Å². The Morgan fingerprint density at radius 1 is 1.35 bits per heavy atom. The van der Waals surface area contributed by atoms with Gasteiger partial charge in [0, 0.05) is 42.8 Å². The molecule has 1 aromatic rings. The Hall–Kier alpha value is -1.31. The number of rotatable bonds is 5. The Balaban J connectivity index is 0.00000264. The van der Waals surface area contributed by atoms with Crippen LogP contribution in [0.3, 0.4) is 0 Å². The summed E-state index contributed by atoms with van der Waals surface area (Å²) in [6.07, 6.45) is 1.29. The minimum Gasteiger partial charge on any atom is -0.341 e. The molecule has 0 spiro atoms. The van der Waals surface area contributed by atoms with E-state index in [4.69, 9.17) is 0 Å². The van der Waals surface area contributed by atoms with E-state index in [1.165, 1.54) is 0 Å². The first-order chi connectivity index (χ1) is 10.6. The highest BCUT2D eigenvalue weighted by Gasteiger charge is 2.22. The Labute approximate surface area is 150 Å². The molecule has 6 nitrogen and oxygen atoms in total. The number of carbonyl (C=O) groups is 2. The molecule has 1 unspecified atom stereocenters. The molecule has 1 heterocycles. The van der Waals surface area contributed by atoms with Crippen LogP contribution in [0.5, 0.6) is 0 Å². The largest absolute Gasteiger partial charge is 0.341 e. The van der Waals surface area contributed by atoms with Crippen LogP contribution in [0.15, 0.2) is 28.7 Å². The van der Waals surface area contributed by atoms with E-state index in [0.717, 1.165) is 24.0 Å². The molecule has 1 aliphatic rings. The second kappa shape index (κ2) is 9.75. The van der Waals surface area contributed by atoms with Crippen molar-refractivity contribution in [1.82, 2.24) is 15.5 Å². The van der Waals surface area contributed by atoms with Gasteiger partial charge in [-0.2, -0.15) is 0 Å². The number of amides is 3. The maximum Gasteiger partial charge on any atom is 0.319 e. The highest BCUT2D eigenvalue weighted by atomic mass is 79.9. The van der Waals surface area contributed by atoms with Crippen LogP contribution in [0.2, 0.25) is 0 Å². The molecule has 3 amide bonds. The standard InChI is InChI=1S/C15H21BrN4O2.ClH/c1-20(13-6-8-17-10-13)14(21)7-9-18-15(22)19-12-4-2-11(16)3-5-12;/h2-5,13,17H,6-10H2,1H3,(H2,18,19,22);1H. The number of nitrogens with zero attached hydrogens (tertiary/aromatic N) is 1. The molecule has 1 aliphatic heterocycles. The van der Waals surface area contributed by atoms with Crippen molar-refractivity contribution in [2.24, 2.45) is 0 Å². The second-order valence-corrected chi connectivity index (χ2v) is 6.20. The van der Waals surface area contributed by atoms with Gasteiger partial charge in [-0.05, 0) is 37.2 Å². The number of nitrogens with one attached hydrogen (secondary N) is 3. The van der Waals surface area contributed by atoms with Crippen molar-refractivity contribution in [1.29, 1.82) is 0 Å². The lowest BCUT2D eigenvalue weighted by molar-refractivity contribution is -0.131. The predicted octanol–water partition coefficient (Wildman–Crippen LogP) is 2.20. The van der Waals surface area contributed by atoms with Crippen molar-refractivity contribution in [2.45, 2.75) is 18.9 Å².